The minimum Gasteiger partial charge on any atom is -0.329 e. The summed E-state index contributed by atoms with van der Waals surface area (Å²) < 4.78 is 0. The Balaban J connectivity index is 1.47. The van der Waals surface area contributed by atoms with Crippen molar-refractivity contribution in [1.82, 2.24) is 9.88 Å². The van der Waals surface area contributed by atoms with E-state index in [0.29, 0.717) is 12.4 Å². The predicted molar refractivity (Wildman–Crippen MR) is 118 cm³/mol. The molecule has 0 atom stereocenters. The topological polar surface area (TPSA) is 71.2 Å². The lowest BCUT2D eigenvalue weighted by molar-refractivity contribution is -0.127. The van der Waals surface area contributed by atoms with E-state index in [2.05, 4.69) is 57.7 Å². The van der Waals surface area contributed by atoms with Crippen molar-refractivity contribution in [1.29, 1.82) is 0 Å². The normalized spacial score (nSPS) is 16.6. The average molecular weight is 389 g/mol. The number of aromatic nitrogens is 1. The van der Waals surface area contributed by atoms with Gasteiger partial charge in [-0.1, -0.05) is 48.0 Å². The van der Waals surface area contributed by atoms with Crippen LogP contribution >= 0.6 is 0 Å². The molecule has 1 aliphatic heterocycles. The summed E-state index contributed by atoms with van der Waals surface area (Å²) in [6.07, 6.45) is 3.25. The number of amides is 1. The Hall–Kier alpha value is -2.76. The van der Waals surface area contributed by atoms with Crippen LogP contribution in [-0.2, 0) is 11.3 Å². The quantitative estimate of drug-likeness (QED) is 0.699. The highest BCUT2D eigenvalue weighted by Crippen LogP contribution is 2.33. The molecule has 5 nitrogen and oxygen atoms in total. The van der Waals surface area contributed by atoms with Crippen molar-refractivity contribution < 1.29 is 4.79 Å². The van der Waals surface area contributed by atoms with Crippen molar-refractivity contribution in [3.63, 3.8) is 0 Å². The Morgan fingerprint density at radius 1 is 1.14 bits per heavy atom. The number of hydrogen-bond donors (Lipinski definition) is 2. The number of piperidine rings is 1. The average Bonchev–Trinajstić information content (AvgIpc) is 2.75. The van der Waals surface area contributed by atoms with Crippen molar-refractivity contribution in [3.05, 3.63) is 71.9 Å². The molecular formula is C24H28N4O. The maximum atomic E-state index is 13.3. The van der Waals surface area contributed by atoms with Crippen molar-refractivity contribution in [2.24, 2.45) is 11.1 Å². The lowest BCUT2D eigenvalue weighted by atomic mass is 9.77. The molecule has 0 unspecified atom stereocenters. The molecule has 150 valence electrons. The molecule has 0 bridgehead atoms. The van der Waals surface area contributed by atoms with E-state index in [-0.39, 0.29) is 5.91 Å². The monoisotopic (exact) mass is 388 g/mol. The minimum atomic E-state index is -0.541. The van der Waals surface area contributed by atoms with Crippen LogP contribution in [-0.4, -0.2) is 35.4 Å². The van der Waals surface area contributed by atoms with Crippen LogP contribution in [0.5, 0.6) is 0 Å². The third-order valence-corrected chi connectivity index (χ3v) is 6.09. The largest absolute Gasteiger partial charge is 0.329 e. The van der Waals surface area contributed by atoms with Crippen molar-refractivity contribution in [2.45, 2.75) is 26.3 Å². The van der Waals surface area contributed by atoms with Gasteiger partial charge in [-0.2, -0.15) is 0 Å². The maximum Gasteiger partial charge on any atom is 0.233 e. The Morgan fingerprint density at radius 3 is 2.62 bits per heavy atom. The van der Waals surface area contributed by atoms with Crippen LogP contribution in [0.1, 0.15) is 24.0 Å². The summed E-state index contributed by atoms with van der Waals surface area (Å²) in [4.78, 5) is 20.1. The van der Waals surface area contributed by atoms with Gasteiger partial charge < -0.3 is 11.1 Å². The summed E-state index contributed by atoms with van der Waals surface area (Å²) in [6.45, 7) is 5.03. The fourth-order valence-electron chi connectivity index (χ4n) is 4.13. The van der Waals surface area contributed by atoms with E-state index in [9.17, 15) is 4.79 Å². The highest BCUT2D eigenvalue weighted by atomic mass is 16.2. The molecule has 5 heteroatoms. The number of pyridine rings is 1. The number of hydrogen-bond acceptors (Lipinski definition) is 4. The molecule has 4 rings (SSSR count). The minimum absolute atomic E-state index is 0.0131. The summed E-state index contributed by atoms with van der Waals surface area (Å²) in [5.74, 6) is 0.608. The second-order valence-electron chi connectivity index (χ2n) is 8.08. The Labute approximate surface area is 171 Å². The van der Waals surface area contributed by atoms with Crippen LogP contribution < -0.4 is 11.1 Å². The Kier molecular flexibility index (Phi) is 5.60. The van der Waals surface area contributed by atoms with Gasteiger partial charge in [-0.15, -0.1) is 0 Å². The molecule has 1 amide bonds. The second kappa shape index (κ2) is 8.31. The first-order valence-corrected chi connectivity index (χ1v) is 10.2. The zero-order chi connectivity index (χ0) is 20.3. The van der Waals surface area contributed by atoms with Gasteiger partial charge in [0, 0.05) is 24.7 Å². The van der Waals surface area contributed by atoms with E-state index in [1.165, 1.54) is 5.56 Å². The van der Waals surface area contributed by atoms with E-state index >= 15 is 0 Å². The van der Waals surface area contributed by atoms with Crippen LogP contribution in [0, 0.1) is 12.3 Å². The van der Waals surface area contributed by atoms with Crippen LogP contribution in [0.15, 0.2) is 60.8 Å². The van der Waals surface area contributed by atoms with Gasteiger partial charge >= 0.3 is 0 Å². The molecule has 2 aromatic carbocycles. The summed E-state index contributed by atoms with van der Waals surface area (Å²) in [6, 6.07) is 18.6. The second-order valence-corrected chi connectivity index (χ2v) is 8.08. The highest BCUT2D eigenvalue weighted by Gasteiger charge is 2.40. The van der Waals surface area contributed by atoms with Gasteiger partial charge in [0.1, 0.15) is 5.82 Å². The van der Waals surface area contributed by atoms with E-state index in [1.807, 2.05) is 19.1 Å². The molecule has 0 radical (unpaired) electrons. The number of anilines is 1. The van der Waals surface area contributed by atoms with E-state index in [4.69, 9.17) is 5.73 Å². The SMILES string of the molecule is Cc1ccc2ccnc(NC(=O)C3(CN)CCN(Cc4ccccc4)CC3)c2c1. The van der Waals surface area contributed by atoms with Crippen molar-refractivity contribution >= 4 is 22.5 Å². The summed E-state index contributed by atoms with van der Waals surface area (Å²) in [5, 5.41) is 5.13. The molecule has 0 spiro atoms. The first-order chi connectivity index (χ1) is 14.1. The molecule has 1 aromatic heterocycles. The van der Waals surface area contributed by atoms with Gasteiger partial charge in [-0.3, -0.25) is 9.69 Å². The summed E-state index contributed by atoms with van der Waals surface area (Å²) in [7, 11) is 0. The maximum absolute atomic E-state index is 13.3. The molecule has 0 saturated carbocycles. The number of fused-ring (bicyclic) bond motifs is 1. The smallest absolute Gasteiger partial charge is 0.233 e. The van der Waals surface area contributed by atoms with Gasteiger partial charge in [-0.05, 0) is 55.9 Å². The van der Waals surface area contributed by atoms with Crippen molar-refractivity contribution in [2.75, 3.05) is 25.0 Å². The standard InChI is InChI=1S/C24H28N4O/c1-18-7-8-20-9-12-26-22(21(20)15-18)27-23(29)24(17-25)10-13-28(14-11-24)16-19-5-3-2-4-6-19/h2-9,12,15H,10-11,13-14,16-17,25H2,1H3,(H,26,27,29). The zero-order valence-electron chi connectivity index (χ0n) is 16.9. The molecule has 1 fully saturated rings. The Morgan fingerprint density at radius 2 is 1.90 bits per heavy atom. The summed E-state index contributed by atoms with van der Waals surface area (Å²) >= 11 is 0. The number of nitrogens with one attached hydrogen (secondary N) is 1. The molecule has 1 aliphatic rings. The lowest BCUT2D eigenvalue weighted by Gasteiger charge is -2.40. The first kappa shape index (κ1) is 19.6. The number of rotatable bonds is 5. The number of nitrogens with two attached hydrogens (primary N) is 1. The van der Waals surface area contributed by atoms with Crippen molar-refractivity contribution in [3.8, 4) is 0 Å². The number of carbonyl (C=O) groups excluding carboxylic acids is 1. The van der Waals surface area contributed by atoms with Gasteiger partial charge in [0.2, 0.25) is 5.91 Å². The Bertz CT molecular complexity index is 994. The van der Waals surface area contributed by atoms with E-state index in [1.54, 1.807) is 6.20 Å². The van der Waals surface area contributed by atoms with E-state index < -0.39 is 5.41 Å². The zero-order valence-corrected chi connectivity index (χ0v) is 16.9. The number of likely N-dealkylation sites (tertiary alicyclic amines) is 1. The number of benzene rings is 2. The van der Waals surface area contributed by atoms with Crippen LogP contribution in [0.25, 0.3) is 10.8 Å². The molecule has 1 saturated heterocycles. The first-order valence-electron chi connectivity index (χ1n) is 10.2. The third-order valence-electron chi connectivity index (χ3n) is 6.09. The molecule has 3 N–H and O–H groups in total. The fraction of sp³-hybridized carbons (Fsp3) is 0.333. The summed E-state index contributed by atoms with van der Waals surface area (Å²) in [5.41, 5.74) is 8.03. The number of nitrogens with zero attached hydrogens (tertiary/aromatic N) is 2. The van der Waals surface area contributed by atoms with Crippen LogP contribution in [0.4, 0.5) is 5.82 Å². The fourth-order valence-corrected chi connectivity index (χ4v) is 4.13. The van der Waals surface area contributed by atoms with Crippen LogP contribution in [0.3, 0.4) is 0 Å². The van der Waals surface area contributed by atoms with Gasteiger partial charge in [0.25, 0.3) is 0 Å². The number of carbonyl (C=O) groups is 1. The lowest BCUT2D eigenvalue weighted by Crippen LogP contribution is -2.50. The van der Waals surface area contributed by atoms with Crippen LogP contribution in [0.2, 0.25) is 0 Å². The van der Waals surface area contributed by atoms with Gasteiger partial charge in [0.05, 0.1) is 5.41 Å². The predicted octanol–water partition coefficient (Wildman–Crippen LogP) is 3.72. The van der Waals surface area contributed by atoms with E-state index in [0.717, 1.165) is 48.8 Å². The molecule has 29 heavy (non-hydrogen) atoms. The molecule has 0 aliphatic carbocycles. The molecule has 3 aromatic rings. The van der Waals surface area contributed by atoms with Gasteiger partial charge in [0.15, 0.2) is 0 Å². The third kappa shape index (κ3) is 4.16. The molecular weight excluding hydrogens is 360 g/mol. The van der Waals surface area contributed by atoms with Gasteiger partial charge in [-0.25, -0.2) is 4.98 Å². The number of aryl methyl sites for hydroxylation is 1. The molecule has 2 heterocycles. The highest BCUT2D eigenvalue weighted by molar-refractivity contribution is 6.02.